The first kappa shape index (κ1) is 10.5. The summed E-state index contributed by atoms with van der Waals surface area (Å²) in [6, 6.07) is 0. The van der Waals surface area contributed by atoms with E-state index in [1.54, 1.807) is 0 Å². The lowest BCUT2D eigenvalue weighted by Crippen LogP contribution is -2.14. The zero-order chi connectivity index (χ0) is 7.15. The number of amidine groups is 1. The molecule has 0 rings (SSSR count). The van der Waals surface area contributed by atoms with E-state index in [0.717, 1.165) is 0 Å². The minimum absolute atomic E-state index is 0.713. The van der Waals surface area contributed by atoms with Crippen molar-refractivity contribution in [1.29, 1.82) is 5.41 Å². The molecule has 0 aliphatic heterocycles. The molecule has 0 saturated carbocycles. The highest BCUT2D eigenvalue weighted by molar-refractivity contribution is 7.95. The van der Waals surface area contributed by atoms with Gasteiger partial charge in [-0.3, -0.25) is 9.96 Å². The van der Waals surface area contributed by atoms with E-state index < -0.39 is 16.2 Å². The second kappa shape index (κ2) is 6.54. The van der Waals surface area contributed by atoms with Crippen LogP contribution in [-0.2, 0) is 11.1 Å². The van der Waals surface area contributed by atoms with Gasteiger partial charge in [0.2, 0.25) is 16.2 Å². The summed E-state index contributed by atoms with van der Waals surface area (Å²) in [5.41, 5.74) is 8.97. The van der Waals surface area contributed by atoms with E-state index in [0.29, 0.717) is 0 Å². The van der Waals surface area contributed by atoms with Crippen LogP contribution < -0.4 is 11.5 Å². The Hall–Kier alpha value is -0.460. The second-order valence-corrected chi connectivity index (χ2v) is 1.55. The molecule has 6 N–H and O–H groups in total. The molecule has 0 aromatic heterocycles. The first-order valence-corrected chi connectivity index (χ1v) is 2.78. The van der Waals surface area contributed by atoms with Crippen LogP contribution in [0.1, 0.15) is 0 Å². The van der Waals surface area contributed by atoms with Gasteiger partial charge < -0.3 is 11.5 Å². The number of nitrogens with one attached hydrogen (secondary N) is 1. The summed E-state index contributed by atoms with van der Waals surface area (Å²) < 4.78 is 17.2. The normalized spacial score (nSPS) is 10.9. The maximum Gasteiger partial charge on any atom is 0.222 e. The molecular formula is C2H9N3O2S. The van der Waals surface area contributed by atoms with Crippen LogP contribution >= 0.6 is 0 Å². The van der Waals surface area contributed by atoms with Gasteiger partial charge in [0.25, 0.3) is 0 Å². The number of nitrogens with two attached hydrogens (primary N) is 2. The lowest BCUT2D eigenvalue weighted by atomic mass is 11.4. The first-order chi connectivity index (χ1) is 3.64. The highest BCUT2D eigenvalue weighted by atomic mass is 32.2. The molecule has 1 unspecified atom stereocenters. The van der Waals surface area contributed by atoms with Gasteiger partial charge in [0.1, 0.15) is 0 Å². The van der Waals surface area contributed by atoms with E-state index in [9.17, 15) is 4.21 Å². The number of hydrogen-bond acceptors (Lipinski definition) is 3. The summed E-state index contributed by atoms with van der Waals surface area (Å²) in [6.07, 6.45) is 0. The number of hydrogen-bond donors (Lipinski definition) is 4. The fourth-order valence-electron chi connectivity index (χ4n) is 0. The van der Waals surface area contributed by atoms with Crippen LogP contribution in [-0.4, -0.2) is 21.0 Å². The van der Waals surface area contributed by atoms with Crippen molar-refractivity contribution >= 4 is 16.2 Å². The van der Waals surface area contributed by atoms with Gasteiger partial charge in [-0.25, -0.2) is 4.21 Å². The smallest absolute Gasteiger partial charge is 0.222 e. The molecule has 50 valence electrons. The van der Waals surface area contributed by atoms with Gasteiger partial charge in [-0.05, 0) is 7.05 Å². The van der Waals surface area contributed by atoms with Crippen molar-refractivity contribution in [2.24, 2.45) is 11.5 Å². The van der Waals surface area contributed by atoms with Crippen molar-refractivity contribution in [3.8, 4) is 0 Å². The monoisotopic (exact) mass is 139 g/mol. The molecule has 0 fully saturated rings. The van der Waals surface area contributed by atoms with Gasteiger partial charge in [-0.15, -0.1) is 0 Å². The van der Waals surface area contributed by atoms with Gasteiger partial charge in [0.05, 0.1) is 0 Å². The molecule has 0 spiro atoms. The van der Waals surface area contributed by atoms with Crippen molar-refractivity contribution in [2.45, 2.75) is 0 Å². The molecule has 0 saturated heterocycles. The minimum Gasteiger partial charge on any atom is -0.375 e. The Morgan fingerprint density at radius 1 is 1.75 bits per heavy atom. The molecule has 0 heterocycles. The molecule has 0 amide bonds. The Morgan fingerprint density at radius 3 is 1.88 bits per heavy atom. The van der Waals surface area contributed by atoms with Gasteiger partial charge in [0, 0.05) is 0 Å². The summed E-state index contributed by atoms with van der Waals surface area (Å²) >= 11 is -2.26. The largest absolute Gasteiger partial charge is 0.375 e. The quantitative estimate of drug-likeness (QED) is 0.189. The second-order valence-electron chi connectivity index (χ2n) is 0.613. The molecule has 0 aliphatic rings. The standard InChI is InChI=1S/CH4N2O2S.CH5N/c2-1(3)6(4)5;1-2/h(H3,2,3)(H,4,5);2H2,1H3. The minimum atomic E-state index is -2.26. The molecule has 0 aromatic carbocycles. The van der Waals surface area contributed by atoms with Crippen LogP contribution in [0.4, 0.5) is 0 Å². The van der Waals surface area contributed by atoms with E-state index in [1.165, 1.54) is 7.05 Å². The third kappa shape index (κ3) is 9.11. The van der Waals surface area contributed by atoms with Gasteiger partial charge in [0.15, 0.2) is 0 Å². The fourth-order valence-corrected chi connectivity index (χ4v) is 0. The van der Waals surface area contributed by atoms with Crippen LogP contribution in [0.2, 0.25) is 0 Å². The third-order valence-corrected chi connectivity index (χ3v) is 0.564. The van der Waals surface area contributed by atoms with Crippen LogP contribution in [0.3, 0.4) is 0 Å². The van der Waals surface area contributed by atoms with Crippen LogP contribution in [0.25, 0.3) is 0 Å². The predicted octanol–water partition coefficient (Wildman–Crippen LogP) is -1.32. The molecule has 5 nitrogen and oxygen atoms in total. The SMILES string of the molecule is CN.N=C(N)S(=O)O. The summed E-state index contributed by atoms with van der Waals surface area (Å²) in [5.74, 6) is 0. The molecule has 6 heteroatoms. The van der Waals surface area contributed by atoms with Crippen molar-refractivity contribution in [3.63, 3.8) is 0 Å². The van der Waals surface area contributed by atoms with Crippen molar-refractivity contribution in [3.05, 3.63) is 0 Å². The van der Waals surface area contributed by atoms with E-state index in [4.69, 9.17) is 9.96 Å². The number of rotatable bonds is 0. The van der Waals surface area contributed by atoms with Gasteiger partial charge in [-0.1, -0.05) is 0 Å². The molecule has 0 radical (unpaired) electrons. The fraction of sp³-hybridized carbons (Fsp3) is 0.500. The molecule has 0 aliphatic carbocycles. The highest BCUT2D eigenvalue weighted by Gasteiger charge is 1.90. The van der Waals surface area contributed by atoms with E-state index in [1.807, 2.05) is 0 Å². The molecule has 1 atom stereocenters. The summed E-state index contributed by atoms with van der Waals surface area (Å²) in [6.45, 7) is 0. The van der Waals surface area contributed by atoms with E-state index >= 15 is 0 Å². The zero-order valence-corrected chi connectivity index (χ0v) is 5.23. The lowest BCUT2D eigenvalue weighted by Gasteiger charge is -1.79. The van der Waals surface area contributed by atoms with Crippen LogP contribution in [0.15, 0.2) is 0 Å². The third-order valence-electron chi connectivity index (χ3n) is 0.188. The highest BCUT2D eigenvalue weighted by Crippen LogP contribution is 1.62. The first-order valence-electron chi connectivity index (χ1n) is 1.67. The average molecular weight is 139 g/mol. The Kier molecular flexibility index (Phi) is 8.59. The Morgan fingerprint density at radius 2 is 1.88 bits per heavy atom. The predicted molar refractivity (Wildman–Crippen MR) is 32.8 cm³/mol. The maximum atomic E-state index is 9.46. The van der Waals surface area contributed by atoms with Gasteiger partial charge in [-0.2, -0.15) is 0 Å². The van der Waals surface area contributed by atoms with Crippen molar-refractivity contribution in [1.82, 2.24) is 0 Å². The topological polar surface area (TPSA) is 113 Å². The maximum absolute atomic E-state index is 9.46. The van der Waals surface area contributed by atoms with Gasteiger partial charge >= 0.3 is 0 Å². The average Bonchev–Trinajstić information content (AvgIpc) is 1.72. The Labute approximate surface area is 49.9 Å². The lowest BCUT2D eigenvalue weighted by molar-refractivity contribution is 0.576. The molecule has 8 heavy (non-hydrogen) atoms. The summed E-state index contributed by atoms with van der Waals surface area (Å²) in [4.78, 5) is 0. The Bertz CT molecular complexity index is 81.3. The summed E-state index contributed by atoms with van der Waals surface area (Å²) in [5, 5.41) is 5.46. The summed E-state index contributed by atoms with van der Waals surface area (Å²) in [7, 11) is 1.50. The van der Waals surface area contributed by atoms with Crippen molar-refractivity contribution < 1.29 is 8.76 Å². The van der Waals surface area contributed by atoms with E-state index in [-0.39, 0.29) is 0 Å². The van der Waals surface area contributed by atoms with Crippen molar-refractivity contribution in [2.75, 3.05) is 7.05 Å². The van der Waals surface area contributed by atoms with Crippen LogP contribution in [0, 0.1) is 5.41 Å². The molecule has 0 aromatic rings. The van der Waals surface area contributed by atoms with E-state index in [2.05, 4.69) is 11.5 Å². The molecule has 0 bridgehead atoms. The molecular weight excluding hydrogens is 130 g/mol. The zero-order valence-electron chi connectivity index (χ0n) is 4.42. The Balaban J connectivity index is 0. The van der Waals surface area contributed by atoms with Crippen LogP contribution in [0.5, 0.6) is 0 Å².